The summed E-state index contributed by atoms with van der Waals surface area (Å²) < 4.78 is 36.2. The number of nitrogens with zero attached hydrogens (tertiary/aromatic N) is 3. The zero-order chi connectivity index (χ0) is 27.8. The fourth-order valence-corrected chi connectivity index (χ4v) is 4.96. The van der Waals surface area contributed by atoms with E-state index in [2.05, 4.69) is 0 Å². The number of carbonyl (C=O) groups is 4. The zero-order valence-corrected chi connectivity index (χ0v) is 21.8. The molecule has 2 heterocycles. The molecule has 38 heavy (non-hydrogen) atoms. The molecule has 0 saturated carbocycles. The highest BCUT2D eigenvalue weighted by molar-refractivity contribution is 6.30. The van der Waals surface area contributed by atoms with Crippen LogP contribution in [0, 0.1) is 0 Å². The number of fused-ring (bicyclic) bond motifs is 1. The van der Waals surface area contributed by atoms with E-state index in [-0.39, 0.29) is 29.4 Å². The van der Waals surface area contributed by atoms with Crippen LogP contribution in [0.3, 0.4) is 0 Å². The van der Waals surface area contributed by atoms with Crippen molar-refractivity contribution < 1.29 is 32.8 Å². The van der Waals surface area contributed by atoms with E-state index in [4.69, 9.17) is 16.3 Å². The van der Waals surface area contributed by atoms with Crippen molar-refractivity contribution in [2.24, 2.45) is 0 Å². The molecular formula is C27H26ClF2N3O5. The Morgan fingerprint density at radius 1 is 1.18 bits per heavy atom. The Labute approximate surface area is 222 Å². The summed E-state index contributed by atoms with van der Waals surface area (Å²) in [4.78, 5) is 51.7. The number of aromatic nitrogens is 1. The summed E-state index contributed by atoms with van der Waals surface area (Å²) in [5, 5.41) is 0.843. The van der Waals surface area contributed by atoms with E-state index in [0.717, 1.165) is 4.90 Å². The molecule has 11 heteroatoms. The fraction of sp³-hybridized carbons (Fsp3) is 0.333. The minimum atomic E-state index is -1.91. The highest BCUT2D eigenvalue weighted by Gasteiger charge is 2.48. The SMILES string of the molecule is COC(=O)c1ccc2c(C(C)=O)cn(CC(=O)N3C[C@](C)(F)C[C@H]3C(=O)N(F)Cc3cccc(Cl)c3)c2c1. The second-order valence-corrected chi connectivity index (χ2v) is 10.0. The van der Waals surface area contributed by atoms with Crippen LogP contribution < -0.4 is 0 Å². The molecule has 2 amide bonds. The fourth-order valence-electron chi connectivity index (χ4n) is 4.75. The van der Waals surface area contributed by atoms with Gasteiger partial charge in [-0.3, -0.25) is 14.4 Å². The third kappa shape index (κ3) is 5.55. The summed E-state index contributed by atoms with van der Waals surface area (Å²) in [6.07, 6.45) is 1.10. The maximum Gasteiger partial charge on any atom is 0.337 e. The number of hydrogen-bond acceptors (Lipinski definition) is 5. The van der Waals surface area contributed by atoms with Gasteiger partial charge in [0.1, 0.15) is 18.3 Å². The molecular weight excluding hydrogens is 520 g/mol. The molecule has 0 N–H and O–H groups in total. The number of methoxy groups -OCH3 is 1. The van der Waals surface area contributed by atoms with Crippen LogP contribution in [-0.4, -0.2) is 63.5 Å². The number of halogens is 3. The van der Waals surface area contributed by atoms with Gasteiger partial charge in [-0.25, -0.2) is 9.18 Å². The van der Waals surface area contributed by atoms with Crippen LogP contribution in [0.1, 0.15) is 46.5 Å². The van der Waals surface area contributed by atoms with Crippen LogP contribution in [0.2, 0.25) is 5.02 Å². The summed E-state index contributed by atoms with van der Waals surface area (Å²) in [6.45, 7) is 1.44. The smallest absolute Gasteiger partial charge is 0.337 e. The normalized spacial score (nSPS) is 19.0. The molecule has 2 aromatic carbocycles. The molecule has 8 nitrogen and oxygen atoms in total. The van der Waals surface area contributed by atoms with E-state index in [0.29, 0.717) is 27.1 Å². The van der Waals surface area contributed by atoms with Gasteiger partial charge < -0.3 is 14.2 Å². The number of hydrogen-bond donors (Lipinski definition) is 0. The number of alkyl halides is 1. The lowest BCUT2D eigenvalue weighted by molar-refractivity contribution is -0.156. The van der Waals surface area contributed by atoms with E-state index >= 15 is 4.39 Å². The number of amides is 2. The summed E-state index contributed by atoms with van der Waals surface area (Å²) in [7, 11) is 1.23. The lowest BCUT2D eigenvalue weighted by Crippen LogP contribution is -2.46. The summed E-state index contributed by atoms with van der Waals surface area (Å²) in [5.41, 5.74) is -0.533. The Hall–Kier alpha value is -3.79. The number of rotatable bonds is 7. The van der Waals surface area contributed by atoms with Gasteiger partial charge in [-0.2, -0.15) is 5.12 Å². The van der Waals surface area contributed by atoms with Gasteiger partial charge in [0.25, 0.3) is 5.91 Å². The molecule has 0 bridgehead atoms. The molecule has 1 aliphatic heterocycles. The number of ether oxygens (including phenoxy) is 1. The Balaban J connectivity index is 1.61. The number of benzene rings is 2. The van der Waals surface area contributed by atoms with E-state index < -0.39 is 42.6 Å². The van der Waals surface area contributed by atoms with Crippen molar-refractivity contribution in [1.82, 2.24) is 14.6 Å². The molecule has 0 unspecified atom stereocenters. The van der Waals surface area contributed by atoms with Crippen LogP contribution in [0.5, 0.6) is 0 Å². The number of esters is 1. The predicted molar refractivity (Wildman–Crippen MR) is 136 cm³/mol. The number of carbonyl (C=O) groups excluding carboxylic acids is 4. The average molecular weight is 546 g/mol. The van der Waals surface area contributed by atoms with E-state index in [1.807, 2.05) is 0 Å². The van der Waals surface area contributed by atoms with Gasteiger partial charge >= 0.3 is 5.97 Å². The third-order valence-corrected chi connectivity index (χ3v) is 6.77. The number of Topliss-reactive ketones (excluding diaryl/α,β-unsaturated/α-hetero) is 1. The highest BCUT2D eigenvalue weighted by atomic mass is 35.5. The number of ketones is 1. The lowest BCUT2D eigenvalue weighted by Gasteiger charge is -2.26. The monoisotopic (exact) mass is 545 g/mol. The quantitative estimate of drug-likeness (QED) is 0.247. The van der Waals surface area contributed by atoms with Gasteiger partial charge in [0, 0.05) is 28.6 Å². The average Bonchev–Trinajstić information content (AvgIpc) is 3.39. The van der Waals surface area contributed by atoms with Gasteiger partial charge in [0.15, 0.2) is 5.78 Å². The standard InChI is InChI=1S/C27H26ClF2N3O5/c1-16(34)21-13-31(22-10-18(26(37)38-3)7-8-20(21)22)14-24(35)32-15-27(2,29)11-23(32)25(36)33(30)12-17-5-4-6-19(28)9-17/h4-10,13,23H,11-12,14-15H2,1-3H3/t23-,27+/m0/s1. The van der Waals surface area contributed by atoms with Crippen molar-refractivity contribution in [2.45, 2.75) is 45.1 Å². The molecule has 1 aliphatic rings. The van der Waals surface area contributed by atoms with Crippen LogP contribution in [0.25, 0.3) is 10.9 Å². The molecule has 1 saturated heterocycles. The summed E-state index contributed by atoms with van der Waals surface area (Å²) >= 11 is 5.93. The van der Waals surface area contributed by atoms with Crippen molar-refractivity contribution in [3.8, 4) is 0 Å². The third-order valence-electron chi connectivity index (χ3n) is 6.54. The highest BCUT2D eigenvalue weighted by Crippen LogP contribution is 2.33. The Morgan fingerprint density at radius 3 is 2.58 bits per heavy atom. The first-order valence-corrected chi connectivity index (χ1v) is 12.2. The Bertz CT molecular complexity index is 1440. The predicted octanol–water partition coefficient (Wildman–Crippen LogP) is 4.53. The number of likely N-dealkylation sites (tertiary alicyclic amines) is 1. The van der Waals surface area contributed by atoms with Crippen LogP contribution >= 0.6 is 11.6 Å². The lowest BCUT2D eigenvalue weighted by atomic mass is 10.0. The van der Waals surface area contributed by atoms with E-state index in [1.165, 1.54) is 49.9 Å². The molecule has 200 valence electrons. The summed E-state index contributed by atoms with van der Waals surface area (Å²) in [5.74, 6) is -2.55. The molecule has 2 atom stereocenters. The maximum atomic E-state index is 15.1. The van der Waals surface area contributed by atoms with Crippen LogP contribution in [0.4, 0.5) is 8.87 Å². The second-order valence-electron chi connectivity index (χ2n) is 9.59. The van der Waals surface area contributed by atoms with Crippen molar-refractivity contribution in [2.75, 3.05) is 13.7 Å². The Kier molecular flexibility index (Phi) is 7.55. The molecule has 0 spiro atoms. The zero-order valence-electron chi connectivity index (χ0n) is 21.0. The maximum absolute atomic E-state index is 15.1. The van der Waals surface area contributed by atoms with E-state index in [9.17, 15) is 23.7 Å². The van der Waals surface area contributed by atoms with Crippen LogP contribution in [0.15, 0.2) is 48.7 Å². The van der Waals surface area contributed by atoms with Gasteiger partial charge in [-0.1, -0.05) is 34.3 Å². The van der Waals surface area contributed by atoms with Gasteiger partial charge in [0.05, 0.1) is 31.3 Å². The molecule has 3 aromatic rings. The van der Waals surface area contributed by atoms with Gasteiger partial charge in [-0.15, -0.1) is 0 Å². The van der Waals surface area contributed by atoms with Crippen molar-refractivity contribution in [3.63, 3.8) is 0 Å². The first-order chi connectivity index (χ1) is 17.9. The van der Waals surface area contributed by atoms with Crippen molar-refractivity contribution >= 4 is 46.1 Å². The molecule has 1 aromatic heterocycles. The summed E-state index contributed by atoms with van der Waals surface area (Å²) in [6, 6.07) is 9.53. The van der Waals surface area contributed by atoms with E-state index in [1.54, 1.807) is 24.3 Å². The van der Waals surface area contributed by atoms with Crippen molar-refractivity contribution in [1.29, 1.82) is 0 Å². The Morgan fingerprint density at radius 2 is 1.92 bits per heavy atom. The van der Waals surface area contributed by atoms with Gasteiger partial charge in [-0.05, 0) is 43.7 Å². The minimum absolute atomic E-state index is 0.0421. The van der Waals surface area contributed by atoms with Crippen molar-refractivity contribution in [3.05, 3.63) is 70.4 Å². The molecule has 0 aliphatic carbocycles. The first kappa shape index (κ1) is 27.3. The first-order valence-electron chi connectivity index (χ1n) is 11.8. The van der Waals surface area contributed by atoms with Gasteiger partial charge in [0.2, 0.25) is 5.91 Å². The largest absolute Gasteiger partial charge is 0.465 e. The molecule has 4 rings (SSSR count). The molecule has 1 fully saturated rings. The molecule has 0 radical (unpaired) electrons. The second kappa shape index (κ2) is 10.5. The minimum Gasteiger partial charge on any atom is -0.465 e. The topological polar surface area (TPSA) is 88.9 Å². The van der Waals surface area contributed by atoms with Crippen LogP contribution in [-0.2, 0) is 27.4 Å².